The molecule has 0 heterocycles. The predicted octanol–water partition coefficient (Wildman–Crippen LogP) is 5.87. The van der Waals surface area contributed by atoms with E-state index in [1.165, 1.54) is 49.7 Å². The molecule has 0 heteroatoms. The van der Waals surface area contributed by atoms with E-state index >= 15 is 0 Å². The summed E-state index contributed by atoms with van der Waals surface area (Å²) in [7, 11) is 0. The lowest BCUT2D eigenvalue weighted by atomic mass is 9.80. The van der Waals surface area contributed by atoms with Crippen molar-refractivity contribution in [3.63, 3.8) is 0 Å². The molecule has 0 radical (unpaired) electrons. The summed E-state index contributed by atoms with van der Waals surface area (Å²) in [5, 5.41) is 0. The molecule has 0 aliphatic heterocycles. The van der Waals surface area contributed by atoms with Crippen LogP contribution in [-0.4, -0.2) is 0 Å². The van der Waals surface area contributed by atoms with E-state index in [0.29, 0.717) is 0 Å². The van der Waals surface area contributed by atoms with Crippen LogP contribution in [0.4, 0.5) is 0 Å². The van der Waals surface area contributed by atoms with Crippen LogP contribution in [0.5, 0.6) is 0 Å². The van der Waals surface area contributed by atoms with Crippen LogP contribution in [0.1, 0.15) is 64.0 Å². The zero-order valence-electron chi connectivity index (χ0n) is 12.8. The molecule has 19 heavy (non-hydrogen) atoms. The molecule has 0 bridgehead atoms. The van der Waals surface area contributed by atoms with Crippen LogP contribution in [0.25, 0.3) is 5.57 Å². The van der Waals surface area contributed by atoms with Gasteiger partial charge in [-0.3, -0.25) is 0 Å². The largest absolute Gasteiger partial charge is 0.0836 e. The number of benzene rings is 1. The van der Waals surface area contributed by atoms with Gasteiger partial charge in [-0.15, -0.1) is 0 Å². The van der Waals surface area contributed by atoms with E-state index in [9.17, 15) is 0 Å². The van der Waals surface area contributed by atoms with Gasteiger partial charge in [-0.25, -0.2) is 0 Å². The molecule has 0 aromatic heterocycles. The van der Waals surface area contributed by atoms with Gasteiger partial charge in [-0.05, 0) is 54.7 Å². The minimum Gasteiger partial charge on any atom is -0.0836 e. The summed E-state index contributed by atoms with van der Waals surface area (Å²) in [6.45, 7) is 6.77. The standard InChI is InChI=1S/C19H28/c1-4-19(17-8-6-5-7-9-17)18-12-10-16(11-13-18)14-15(2)3/h4,10-13,15,17H,5-9,14H2,1-3H3. The quantitative estimate of drug-likeness (QED) is 0.632. The minimum atomic E-state index is 0.741. The third-order valence-corrected chi connectivity index (χ3v) is 4.29. The number of rotatable bonds is 4. The number of hydrogen-bond acceptors (Lipinski definition) is 0. The Morgan fingerprint density at radius 2 is 1.74 bits per heavy atom. The molecule has 1 aliphatic rings. The van der Waals surface area contributed by atoms with Gasteiger partial charge in [-0.1, -0.05) is 63.5 Å². The lowest BCUT2D eigenvalue weighted by molar-refractivity contribution is 0.429. The lowest BCUT2D eigenvalue weighted by Gasteiger charge is -2.25. The van der Waals surface area contributed by atoms with Crippen molar-refractivity contribution in [1.82, 2.24) is 0 Å². The molecule has 1 aromatic carbocycles. The molecule has 1 fully saturated rings. The van der Waals surface area contributed by atoms with Crippen molar-refractivity contribution in [2.75, 3.05) is 0 Å². The Bertz CT molecular complexity index is 402. The van der Waals surface area contributed by atoms with E-state index in [1.54, 1.807) is 5.57 Å². The SMILES string of the molecule is CC=C(c1ccc(CC(C)C)cc1)C1CCCCC1. The van der Waals surface area contributed by atoms with Crippen LogP contribution in [0, 0.1) is 11.8 Å². The maximum absolute atomic E-state index is 2.34. The highest BCUT2D eigenvalue weighted by Gasteiger charge is 2.18. The van der Waals surface area contributed by atoms with Gasteiger partial charge in [0, 0.05) is 0 Å². The molecule has 0 nitrogen and oxygen atoms in total. The molecule has 0 amide bonds. The fourth-order valence-electron chi connectivity index (χ4n) is 3.36. The maximum atomic E-state index is 2.34. The molecule has 2 rings (SSSR count). The molecule has 0 unspecified atom stereocenters. The van der Waals surface area contributed by atoms with Crippen molar-refractivity contribution in [1.29, 1.82) is 0 Å². The second-order valence-corrected chi connectivity index (χ2v) is 6.37. The summed E-state index contributed by atoms with van der Waals surface area (Å²) < 4.78 is 0. The van der Waals surface area contributed by atoms with E-state index in [1.807, 2.05) is 0 Å². The molecule has 0 N–H and O–H groups in total. The summed E-state index contributed by atoms with van der Waals surface area (Å²) in [6.07, 6.45) is 10.5. The van der Waals surface area contributed by atoms with Gasteiger partial charge in [0.1, 0.15) is 0 Å². The number of hydrogen-bond donors (Lipinski definition) is 0. The summed E-state index contributed by atoms with van der Waals surface area (Å²) in [4.78, 5) is 0. The minimum absolute atomic E-state index is 0.741. The van der Waals surface area contributed by atoms with E-state index in [4.69, 9.17) is 0 Å². The third kappa shape index (κ3) is 3.96. The van der Waals surface area contributed by atoms with Crippen molar-refractivity contribution in [3.8, 4) is 0 Å². The molecular weight excluding hydrogens is 228 g/mol. The normalized spacial score (nSPS) is 18.0. The van der Waals surface area contributed by atoms with Gasteiger partial charge < -0.3 is 0 Å². The van der Waals surface area contributed by atoms with Crippen LogP contribution in [0.2, 0.25) is 0 Å². The fourth-order valence-corrected chi connectivity index (χ4v) is 3.36. The highest BCUT2D eigenvalue weighted by Crippen LogP contribution is 2.35. The monoisotopic (exact) mass is 256 g/mol. The third-order valence-electron chi connectivity index (χ3n) is 4.29. The van der Waals surface area contributed by atoms with Gasteiger partial charge >= 0.3 is 0 Å². The molecule has 0 atom stereocenters. The van der Waals surface area contributed by atoms with E-state index in [0.717, 1.165) is 11.8 Å². The van der Waals surface area contributed by atoms with Crippen molar-refractivity contribution in [2.45, 2.75) is 59.3 Å². The van der Waals surface area contributed by atoms with Crippen LogP contribution >= 0.6 is 0 Å². The van der Waals surface area contributed by atoms with Gasteiger partial charge in [0.2, 0.25) is 0 Å². The topological polar surface area (TPSA) is 0 Å². The second kappa shape index (κ2) is 6.93. The van der Waals surface area contributed by atoms with E-state index < -0.39 is 0 Å². The zero-order valence-corrected chi connectivity index (χ0v) is 12.8. The van der Waals surface area contributed by atoms with Crippen LogP contribution < -0.4 is 0 Å². The first-order valence-electron chi connectivity index (χ1n) is 7.96. The first-order valence-corrected chi connectivity index (χ1v) is 7.96. The maximum Gasteiger partial charge on any atom is -0.0159 e. The first-order chi connectivity index (χ1) is 9.20. The van der Waals surface area contributed by atoms with Crippen LogP contribution in [0.15, 0.2) is 30.3 Å². The van der Waals surface area contributed by atoms with Crippen molar-refractivity contribution in [3.05, 3.63) is 41.5 Å². The lowest BCUT2D eigenvalue weighted by Crippen LogP contribution is -2.08. The molecule has 0 saturated heterocycles. The average molecular weight is 256 g/mol. The van der Waals surface area contributed by atoms with Crippen LogP contribution in [-0.2, 0) is 6.42 Å². The molecule has 104 valence electrons. The molecule has 1 saturated carbocycles. The zero-order chi connectivity index (χ0) is 13.7. The Labute approximate surface area is 118 Å². The summed E-state index contributed by atoms with van der Waals surface area (Å²) >= 11 is 0. The van der Waals surface area contributed by atoms with Gasteiger partial charge in [0.15, 0.2) is 0 Å². The predicted molar refractivity (Wildman–Crippen MR) is 85.2 cm³/mol. The molecule has 0 spiro atoms. The van der Waals surface area contributed by atoms with E-state index in [-0.39, 0.29) is 0 Å². The highest BCUT2D eigenvalue weighted by atomic mass is 14.2. The highest BCUT2D eigenvalue weighted by molar-refractivity contribution is 5.67. The van der Waals surface area contributed by atoms with Gasteiger partial charge in [0.25, 0.3) is 0 Å². The first kappa shape index (κ1) is 14.4. The Kier molecular flexibility index (Phi) is 5.24. The van der Waals surface area contributed by atoms with Crippen LogP contribution in [0.3, 0.4) is 0 Å². The fraction of sp³-hybridized carbons (Fsp3) is 0.579. The Balaban J connectivity index is 2.10. The van der Waals surface area contributed by atoms with Gasteiger partial charge in [0.05, 0.1) is 0 Å². The Morgan fingerprint density at radius 1 is 1.11 bits per heavy atom. The Morgan fingerprint density at radius 3 is 2.26 bits per heavy atom. The van der Waals surface area contributed by atoms with Crippen molar-refractivity contribution < 1.29 is 0 Å². The smallest absolute Gasteiger partial charge is 0.0159 e. The molecular formula is C19H28. The summed E-state index contributed by atoms with van der Waals surface area (Å²) in [6, 6.07) is 9.31. The second-order valence-electron chi connectivity index (χ2n) is 6.37. The van der Waals surface area contributed by atoms with Crippen molar-refractivity contribution in [2.24, 2.45) is 11.8 Å². The van der Waals surface area contributed by atoms with Crippen molar-refractivity contribution >= 4 is 5.57 Å². The molecule has 1 aliphatic carbocycles. The molecule has 1 aromatic rings. The summed E-state index contributed by atoms with van der Waals surface area (Å²) in [5.41, 5.74) is 4.50. The Hall–Kier alpha value is -1.04. The average Bonchev–Trinajstić information content (AvgIpc) is 2.42. The van der Waals surface area contributed by atoms with Gasteiger partial charge in [-0.2, -0.15) is 0 Å². The summed E-state index contributed by atoms with van der Waals surface area (Å²) in [5.74, 6) is 1.54. The number of allylic oxidation sites excluding steroid dienone is 2. The van der Waals surface area contributed by atoms with E-state index in [2.05, 4.69) is 51.1 Å².